The average molecular weight is 351 g/mol. The summed E-state index contributed by atoms with van der Waals surface area (Å²) in [5, 5.41) is 0. The maximum absolute atomic E-state index is 5.59. The zero-order valence-electron chi connectivity index (χ0n) is 16.5. The van der Waals surface area contributed by atoms with E-state index in [0.29, 0.717) is 0 Å². The van der Waals surface area contributed by atoms with Gasteiger partial charge in [-0.2, -0.15) is 0 Å². The molecule has 0 spiro atoms. The molecule has 0 amide bonds. The van der Waals surface area contributed by atoms with E-state index in [0.717, 1.165) is 24.3 Å². The summed E-state index contributed by atoms with van der Waals surface area (Å²) in [5.74, 6) is 2.02. The summed E-state index contributed by atoms with van der Waals surface area (Å²) in [5.41, 5.74) is 7.86. The Morgan fingerprint density at radius 1 is 0.615 bits per heavy atom. The van der Waals surface area contributed by atoms with Crippen molar-refractivity contribution in [2.24, 2.45) is 0 Å². The highest BCUT2D eigenvalue weighted by Gasteiger charge is 2.11. The number of ether oxygens (including phenoxy) is 2. The number of methoxy groups -OCH3 is 2. The Labute approximate surface area is 157 Å². The average Bonchev–Trinajstić information content (AvgIpc) is 2.68. The van der Waals surface area contributed by atoms with Crippen LogP contribution in [0, 0.1) is 0 Å². The minimum atomic E-state index is 1.01. The number of benzene rings is 2. The number of allylic oxidation sites excluding steroid dienone is 2. The van der Waals surface area contributed by atoms with Crippen molar-refractivity contribution in [1.29, 1.82) is 0 Å². The Hall–Kier alpha value is -2.22. The standard InChI is InChI=1S/C24H30O2/c1-17-18(2)20-12-14-24(26-4)22(16-20)10-8-6-5-7-9-21-15-19(17)11-13-23(21)25-3/h11-16H,5-10H2,1-4H3/b18-17+. The van der Waals surface area contributed by atoms with Gasteiger partial charge in [0.2, 0.25) is 0 Å². The molecule has 0 aliphatic heterocycles. The Balaban J connectivity index is 2.10. The van der Waals surface area contributed by atoms with E-state index < -0.39 is 0 Å². The van der Waals surface area contributed by atoms with E-state index in [1.807, 2.05) is 0 Å². The van der Waals surface area contributed by atoms with Crippen molar-refractivity contribution in [3.63, 3.8) is 0 Å². The molecule has 3 rings (SSSR count). The van der Waals surface area contributed by atoms with Crippen LogP contribution in [0.4, 0.5) is 0 Å². The predicted molar refractivity (Wildman–Crippen MR) is 110 cm³/mol. The summed E-state index contributed by atoms with van der Waals surface area (Å²) < 4.78 is 11.2. The molecule has 0 unspecified atom stereocenters. The lowest BCUT2D eigenvalue weighted by molar-refractivity contribution is 0.407. The van der Waals surface area contributed by atoms with Gasteiger partial charge in [-0.05, 0) is 97.2 Å². The van der Waals surface area contributed by atoms with E-state index in [1.165, 1.54) is 59.1 Å². The van der Waals surface area contributed by atoms with Crippen molar-refractivity contribution in [3.05, 3.63) is 58.7 Å². The van der Waals surface area contributed by atoms with E-state index in [4.69, 9.17) is 9.47 Å². The van der Waals surface area contributed by atoms with Crippen LogP contribution in [-0.2, 0) is 12.8 Å². The highest BCUT2D eigenvalue weighted by Crippen LogP contribution is 2.33. The molecule has 138 valence electrons. The fraction of sp³-hybridized carbons (Fsp3) is 0.417. The normalized spacial score (nSPS) is 18.2. The molecule has 0 saturated heterocycles. The number of fused-ring (bicyclic) bond motifs is 4. The fourth-order valence-electron chi connectivity index (χ4n) is 3.83. The SMILES string of the molecule is COc1ccc2cc1CCCCCCc1cc(ccc1OC)/C(C)=C/2C. The van der Waals surface area contributed by atoms with Gasteiger partial charge in [0.25, 0.3) is 0 Å². The van der Waals surface area contributed by atoms with E-state index in [-0.39, 0.29) is 0 Å². The third kappa shape index (κ3) is 3.95. The lowest BCUT2D eigenvalue weighted by Crippen LogP contribution is -1.98. The van der Waals surface area contributed by atoms with Gasteiger partial charge < -0.3 is 9.47 Å². The van der Waals surface area contributed by atoms with Crippen LogP contribution in [0.25, 0.3) is 11.1 Å². The predicted octanol–water partition coefficient (Wildman–Crippen LogP) is 6.31. The van der Waals surface area contributed by atoms with Crippen molar-refractivity contribution < 1.29 is 9.47 Å². The maximum Gasteiger partial charge on any atom is 0.122 e. The first-order valence-corrected chi connectivity index (χ1v) is 9.66. The molecule has 0 atom stereocenters. The van der Waals surface area contributed by atoms with E-state index in [1.54, 1.807) is 14.2 Å². The summed E-state index contributed by atoms with van der Waals surface area (Å²) in [6, 6.07) is 13.2. The second-order valence-corrected chi connectivity index (χ2v) is 7.22. The molecule has 4 bridgehead atoms. The monoisotopic (exact) mass is 350 g/mol. The van der Waals surface area contributed by atoms with E-state index in [2.05, 4.69) is 50.2 Å². The first-order chi connectivity index (χ1) is 12.6. The molecule has 0 saturated carbocycles. The van der Waals surface area contributed by atoms with Crippen LogP contribution >= 0.6 is 0 Å². The number of hydrogen-bond acceptors (Lipinski definition) is 2. The van der Waals surface area contributed by atoms with Gasteiger partial charge in [-0.15, -0.1) is 0 Å². The van der Waals surface area contributed by atoms with Gasteiger partial charge in [0.05, 0.1) is 14.2 Å². The molecule has 1 aliphatic rings. The maximum atomic E-state index is 5.59. The second kappa shape index (κ2) is 8.44. The highest BCUT2D eigenvalue weighted by molar-refractivity contribution is 5.89. The van der Waals surface area contributed by atoms with Gasteiger partial charge in [-0.25, -0.2) is 0 Å². The third-order valence-corrected chi connectivity index (χ3v) is 5.63. The van der Waals surface area contributed by atoms with Crippen molar-refractivity contribution >= 4 is 11.1 Å². The van der Waals surface area contributed by atoms with Crippen LogP contribution in [0.5, 0.6) is 11.5 Å². The van der Waals surface area contributed by atoms with Gasteiger partial charge in [0, 0.05) is 0 Å². The summed E-state index contributed by atoms with van der Waals surface area (Å²) in [4.78, 5) is 0. The molecule has 2 heteroatoms. The molecule has 2 aromatic carbocycles. The zero-order chi connectivity index (χ0) is 18.5. The van der Waals surface area contributed by atoms with Crippen LogP contribution < -0.4 is 9.47 Å². The Bertz CT molecular complexity index is 734. The first-order valence-electron chi connectivity index (χ1n) is 9.66. The van der Waals surface area contributed by atoms with Gasteiger partial charge in [-0.1, -0.05) is 25.0 Å². The van der Waals surface area contributed by atoms with Gasteiger partial charge in [-0.3, -0.25) is 0 Å². The molecule has 0 radical (unpaired) electrons. The Morgan fingerprint density at radius 2 is 1.04 bits per heavy atom. The Morgan fingerprint density at radius 3 is 1.42 bits per heavy atom. The first kappa shape index (κ1) is 18.6. The molecule has 0 heterocycles. The molecule has 1 aliphatic carbocycles. The zero-order valence-corrected chi connectivity index (χ0v) is 16.5. The minimum Gasteiger partial charge on any atom is -0.496 e. The molecule has 26 heavy (non-hydrogen) atoms. The van der Waals surface area contributed by atoms with Crippen molar-refractivity contribution in [1.82, 2.24) is 0 Å². The number of hydrogen-bond donors (Lipinski definition) is 0. The van der Waals surface area contributed by atoms with Crippen LogP contribution in [0.3, 0.4) is 0 Å². The van der Waals surface area contributed by atoms with Crippen LogP contribution in [0.2, 0.25) is 0 Å². The summed E-state index contributed by atoms with van der Waals surface area (Å²) >= 11 is 0. The lowest BCUT2D eigenvalue weighted by Gasteiger charge is -2.16. The van der Waals surface area contributed by atoms with Crippen molar-refractivity contribution in [2.45, 2.75) is 52.4 Å². The molecular weight excluding hydrogens is 320 g/mol. The smallest absolute Gasteiger partial charge is 0.122 e. The summed E-state index contributed by atoms with van der Waals surface area (Å²) in [6.07, 6.45) is 7.08. The van der Waals surface area contributed by atoms with Crippen LogP contribution in [0.1, 0.15) is 61.8 Å². The van der Waals surface area contributed by atoms with Gasteiger partial charge in [0.15, 0.2) is 0 Å². The molecule has 0 fully saturated rings. The lowest BCUT2D eigenvalue weighted by atomic mass is 9.92. The largest absolute Gasteiger partial charge is 0.496 e. The molecule has 0 N–H and O–H groups in total. The van der Waals surface area contributed by atoms with Crippen LogP contribution in [0.15, 0.2) is 36.4 Å². The topological polar surface area (TPSA) is 18.5 Å². The summed E-state index contributed by atoms with van der Waals surface area (Å²) in [6.45, 7) is 4.44. The van der Waals surface area contributed by atoms with Crippen LogP contribution in [-0.4, -0.2) is 14.2 Å². The van der Waals surface area contributed by atoms with Gasteiger partial charge >= 0.3 is 0 Å². The van der Waals surface area contributed by atoms with Gasteiger partial charge in [0.1, 0.15) is 11.5 Å². The molecular formula is C24H30O2. The molecule has 2 aromatic rings. The number of rotatable bonds is 2. The molecule has 2 nitrogen and oxygen atoms in total. The van der Waals surface area contributed by atoms with E-state index >= 15 is 0 Å². The second-order valence-electron chi connectivity index (χ2n) is 7.22. The number of aryl methyl sites for hydroxylation is 2. The molecule has 0 aromatic heterocycles. The minimum absolute atomic E-state index is 1.01. The Kier molecular flexibility index (Phi) is 6.03. The van der Waals surface area contributed by atoms with Crippen molar-refractivity contribution in [3.8, 4) is 11.5 Å². The third-order valence-electron chi connectivity index (χ3n) is 5.63. The van der Waals surface area contributed by atoms with Crippen molar-refractivity contribution in [2.75, 3.05) is 14.2 Å². The fourth-order valence-corrected chi connectivity index (χ4v) is 3.83. The highest BCUT2D eigenvalue weighted by atomic mass is 16.5. The quantitative estimate of drug-likeness (QED) is 0.631. The van der Waals surface area contributed by atoms with E-state index in [9.17, 15) is 0 Å². The summed E-state index contributed by atoms with van der Waals surface area (Å²) in [7, 11) is 3.54.